The van der Waals surface area contributed by atoms with Gasteiger partial charge >= 0.3 is 0 Å². The van der Waals surface area contributed by atoms with Crippen molar-refractivity contribution in [2.24, 2.45) is 7.05 Å². The number of aromatic nitrogens is 2. The molecule has 0 atom stereocenters. The minimum atomic E-state index is -3.61. The summed E-state index contributed by atoms with van der Waals surface area (Å²) in [6, 6.07) is 4.59. The molecule has 2 heterocycles. The van der Waals surface area contributed by atoms with E-state index in [1.54, 1.807) is 12.3 Å². The first-order chi connectivity index (χ1) is 14.5. The molecule has 9 nitrogen and oxygen atoms in total. The predicted octanol–water partition coefficient (Wildman–Crippen LogP) is 1.39. The van der Waals surface area contributed by atoms with E-state index < -0.39 is 10.0 Å². The maximum atomic E-state index is 12.4. The van der Waals surface area contributed by atoms with Crippen LogP contribution in [0.2, 0.25) is 0 Å². The molecule has 10 heteroatoms. The Hall–Kier alpha value is -2.59. The van der Waals surface area contributed by atoms with Gasteiger partial charge in [-0.2, -0.15) is 0 Å². The van der Waals surface area contributed by atoms with Crippen molar-refractivity contribution in [3.05, 3.63) is 36.4 Å². The lowest BCUT2D eigenvalue weighted by Crippen LogP contribution is -2.26. The first-order valence-electron chi connectivity index (χ1n) is 10.1. The number of imidazole rings is 1. The molecule has 2 N–H and O–H groups in total. The van der Waals surface area contributed by atoms with Crippen LogP contribution in [-0.4, -0.2) is 50.2 Å². The minimum absolute atomic E-state index is 0.000989. The van der Waals surface area contributed by atoms with Crippen LogP contribution in [0.15, 0.2) is 35.5 Å². The summed E-state index contributed by atoms with van der Waals surface area (Å²) >= 11 is 0. The van der Waals surface area contributed by atoms with Gasteiger partial charge < -0.3 is 19.4 Å². The first kappa shape index (κ1) is 22.1. The normalized spacial score (nSPS) is 13.2. The topological polar surface area (TPSA) is 112 Å². The number of benzene rings is 1. The van der Waals surface area contributed by atoms with E-state index in [4.69, 9.17) is 9.47 Å². The summed E-state index contributed by atoms with van der Waals surface area (Å²) < 4.78 is 40.2. The lowest BCUT2D eigenvalue weighted by molar-refractivity contribution is -0.121. The Balaban J connectivity index is 1.30. The molecule has 1 amide bonds. The fourth-order valence-electron chi connectivity index (χ4n) is 3.11. The van der Waals surface area contributed by atoms with Crippen LogP contribution in [0.1, 0.15) is 31.5 Å². The van der Waals surface area contributed by atoms with Crippen molar-refractivity contribution < 1.29 is 22.7 Å². The van der Waals surface area contributed by atoms with Crippen molar-refractivity contribution in [3.63, 3.8) is 0 Å². The molecule has 1 aromatic heterocycles. The van der Waals surface area contributed by atoms with E-state index >= 15 is 0 Å². The third-order valence-corrected chi connectivity index (χ3v) is 6.25. The van der Waals surface area contributed by atoms with Crippen LogP contribution >= 0.6 is 0 Å². The largest absolute Gasteiger partial charge is 0.486 e. The number of aryl methyl sites for hydroxylation is 1. The standard InChI is InChI=1S/C20H28N4O5S/c1-24-12-11-21-19(24)8-10-22-20(25)5-3-2-4-9-23-30(26,27)16-6-7-17-18(15-16)29-14-13-28-17/h6-7,11-12,15,23H,2-5,8-10,13-14H2,1H3,(H,22,25). The number of sulfonamides is 1. The van der Waals surface area contributed by atoms with E-state index in [2.05, 4.69) is 15.0 Å². The van der Waals surface area contributed by atoms with Crippen LogP contribution in [0.5, 0.6) is 11.5 Å². The molecule has 0 saturated carbocycles. The SMILES string of the molecule is Cn1ccnc1CCNC(=O)CCCCCNS(=O)(=O)c1ccc2c(c1)OCCO2. The van der Waals surface area contributed by atoms with Gasteiger partial charge in [0.25, 0.3) is 0 Å². The Kier molecular flexibility index (Phi) is 7.69. The summed E-state index contributed by atoms with van der Waals surface area (Å²) in [4.78, 5) is 16.2. The van der Waals surface area contributed by atoms with E-state index in [0.29, 0.717) is 63.5 Å². The number of ether oxygens (including phenoxy) is 2. The second kappa shape index (κ2) is 10.4. The van der Waals surface area contributed by atoms with Gasteiger partial charge in [0.1, 0.15) is 19.0 Å². The van der Waals surface area contributed by atoms with Gasteiger partial charge in [-0.3, -0.25) is 4.79 Å². The number of nitrogens with zero attached hydrogens (tertiary/aromatic N) is 2. The van der Waals surface area contributed by atoms with Gasteiger partial charge in [0.05, 0.1) is 4.90 Å². The number of amides is 1. The lowest BCUT2D eigenvalue weighted by Gasteiger charge is -2.18. The average molecular weight is 437 g/mol. The van der Waals surface area contributed by atoms with Crippen molar-refractivity contribution in [2.75, 3.05) is 26.3 Å². The highest BCUT2D eigenvalue weighted by atomic mass is 32.2. The number of hydrogen-bond donors (Lipinski definition) is 2. The van der Waals surface area contributed by atoms with E-state index in [-0.39, 0.29) is 10.8 Å². The van der Waals surface area contributed by atoms with Crippen LogP contribution in [0, 0.1) is 0 Å². The molecule has 1 aliphatic rings. The summed E-state index contributed by atoms with van der Waals surface area (Å²) in [7, 11) is -1.68. The molecule has 0 fully saturated rings. The summed E-state index contributed by atoms with van der Waals surface area (Å²) in [5.74, 6) is 1.93. The Bertz CT molecular complexity index is 958. The quantitative estimate of drug-likeness (QED) is 0.515. The Morgan fingerprint density at radius 2 is 1.93 bits per heavy atom. The van der Waals surface area contributed by atoms with E-state index in [1.165, 1.54) is 12.1 Å². The first-order valence-corrected chi connectivity index (χ1v) is 11.6. The molecule has 2 aromatic rings. The third kappa shape index (κ3) is 6.20. The maximum Gasteiger partial charge on any atom is 0.240 e. The van der Waals surface area contributed by atoms with Crippen molar-refractivity contribution in [2.45, 2.75) is 37.0 Å². The Morgan fingerprint density at radius 1 is 1.13 bits per heavy atom. The van der Waals surface area contributed by atoms with Gasteiger partial charge in [0, 0.05) is 51.4 Å². The molecular formula is C20H28N4O5S. The summed E-state index contributed by atoms with van der Waals surface area (Å²) in [5, 5.41) is 2.88. The van der Waals surface area contributed by atoms with Crippen LogP contribution in [-0.2, 0) is 28.3 Å². The van der Waals surface area contributed by atoms with Crippen LogP contribution in [0.3, 0.4) is 0 Å². The Morgan fingerprint density at radius 3 is 2.70 bits per heavy atom. The lowest BCUT2D eigenvalue weighted by atomic mass is 10.2. The number of unbranched alkanes of at least 4 members (excludes halogenated alkanes) is 2. The van der Waals surface area contributed by atoms with Crippen molar-refractivity contribution in [3.8, 4) is 11.5 Å². The van der Waals surface area contributed by atoms with Gasteiger partial charge in [-0.1, -0.05) is 6.42 Å². The number of rotatable bonds is 11. The highest BCUT2D eigenvalue weighted by Crippen LogP contribution is 2.32. The van der Waals surface area contributed by atoms with Crippen molar-refractivity contribution >= 4 is 15.9 Å². The zero-order chi connectivity index (χ0) is 21.4. The second-order valence-corrected chi connectivity index (χ2v) is 8.84. The molecule has 0 radical (unpaired) electrons. The molecule has 164 valence electrons. The maximum absolute atomic E-state index is 12.4. The number of carbonyl (C=O) groups excluding carboxylic acids is 1. The molecule has 30 heavy (non-hydrogen) atoms. The summed E-state index contributed by atoms with van der Waals surface area (Å²) in [6.45, 7) is 1.73. The molecule has 0 spiro atoms. The third-order valence-electron chi connectivity index (χ3n) is 4.79. The monoisotopic (exact) mass is 436 g/mol. The van der Waals surface area contributed by atoms with Crippen LogP contribution in [0.25, 0.3) is 0 Å². The number of nitrogens with one attached hydrogen (secondary N) is 2. The van der Waals surface area contributed by atoms with E-state index in [0.717, 1.165) is 12.2 Å². The zero-order valence-electron chi connectivity index (χ0n) is 17.1. The van der Waals surface area contributed by atoms with Crippen molar-refractivity contribution in [1.29, 1.82) is 0 Å². The van der Waals surface area contributed by atoms with E-state index in [1.807, 2.05) is 17.8 Å². The number of carbonyl (C=O) groups is 1. The average Bonchev–Trinajstić information content (AvgIpc) is 3.15. The van der Waals surface area contributed by atoms with Gasteiger partial charge in [0.2, 0.25) is 15.9 Å². The smallest absolute Gasteiger partial charge is 0.240 e. The highest BCUT2D eigenvalue weighted by Gasteiger charge is 2.18. The second-order valence-electron chi connectivity index (χ2n) is 7.07. The van der Waals surface area contributed by atoms with Crippen LogP contribution < -0.4 is 19.5 Å². The summed E-state index contributed by atoms with van der Waals surface area (Å²) in [6.07, 6.45) is 6.85. The van der Waals surface area contributed by atoms with Gasteiger partial charge in [-0.15, -0.1) is 0 Å². The van der Waals surface area contributed by atoms with Gasteiger partial charge in [0.15, 0.2) is 11.5 Å². The highest BCUT2D eigenvalue weighted by molar-refractivity contribution is 7.89. The Labute approximate surface area is 176 Å². The minimum Gasteiger partial charge on any atom is -0.486 e. The fraction of sp³-hybridized carbons (Fsp3) is 0.500. The molecule has 3 rings (SSSR count). The molecular weight excluding hydrogens is 408 g/mol. The predicted molar refractivity (Wildman–Crippen MR) is 111 cm³/mol. The summed E-state index contributed by atoms with van der Waals surface area (Å²) in [5.41, 5.74) is 0. The van der Waals surface area contributed by atoms with Crippen molar-refractivity contribution in [1.82, 2.24) is 19.6 Å². The van der Waals surface area contributed by atoms with Gasteiger partial charge in [-0.05, 0) is 25.0 Å². The molecule has 1 aromatic carbocycles. The van der Waals surface area contributed by atoms with Gasteiger partial charge in [-0.25, -0.2) is 18.1 Å². The van der Waals surface area contributed by atoms with Crippen LogP contribution in [0.4, 0.5) is 0 Å². The number of hydrogen-bond acceptors (Lipinski definition) is 6. The number of fused-ring (bicyclic) bond motifs is 1. The molecule has 0 unspecified atom stereocenters. The van der Waals surface area contributed by atoms with E-state index in [9.17, 15) is 13.2 Å². The fourth-order valence-corrected chi connectivity index (χ4v) is 4.20. The molecule has 0 saturated heterocycles. The molecule has 1 aliphatic heterocycles. The molecule has 0 bridgehead atoms. The zero-order valence-corrected chi connectivity index (χ0v) is 17.9. The molecule has 0 aliphatic carbocycles.